The van der Waals surface area contributed by atoms with Gasteiger partial charge in [0.25, 0.3) is 0 Å². The van der Waals surface area contributed by atoms with Gasteiger partial charge >= 0.3 is 12.1 Å². The fourth-order valence-corrected chi connectivity index (χ4v) is 4.89. The van der Waals surface area contributed by atoms with Gasteiger partial charge in [0.1, 0.15) is 17.0 Å². The highest BCUT2D eigenvalue weighted by Crippen LogP contribution is 2.41. The van der Waals surface area contributed by atoms with Crippen molar-refractivity contribution in [3.05, 3.63) is 71.1 Å². The van der Waals surface area contributed by atoms with Crippen LogP contribution in [-0.4, -0.2) is 30.6 Å². The quantitative estimate of drug-likeness (QED) is 0.179. The number of aromatic nitrogens is 4. The van der Waals surface area contributed by atoms with Crippen LogP contribution in [0.2, 0.25) is 0 Å². The lowest BCUT2D eigenvalue weighted by molar-refractivity contribution is -0.141. The molecule has 3 aromatic heterocycles. The predicted octanol–water partition coefficient (Wildman–Crippen LogP) is 6.21. The number of aryl methyl sites for hydroxylation is 1. The molecule has 0 saturated heterocycles. The third-order valence-electron chi connectivity index (χ3n) is 5.97. The predicted molar refractivity (Wildman–Crippen MR) is 126 cm³/mol. The van der Waals surface area contributed by atoms with Crippen molar-refractivity contribution in [2.24, 2.45) is 0 Å². The third-order valence-corrected chi connectivity index (χ3v) is 6.90. The fourth-order valence-electron chi connectivity index (χ4n) is 4.13. The first kappa shape index (κ1) is 24.2. The van der Waals surface area contributed by atoms with Gasteiger partial charge in [0, 0.05) is 35.3 Å². The summed E-state index contributed by atoms with van der Waals surface area (Å²) < 4.78 is 55.6. The number of hydrogen-bond acceptors (Lipinski definition) is 5. The molecule has 6 nitrogen and oxygen atoms in total. The first-order chi connectivity index (χ1) is 17.1. The second-order valence-electron chi connectivity index (χ2n) is 8.74. The van der Waals surface area contributed by atoms with Gasteiger partial charge in [-0.15, -0.1) is 0 Å². The normalized spacial score (nSPS) is 13.9. The molecule has 5 rings (SSSR count). The van der Waals surface area contributed by atoms with Crippen LogP contribution < -0.4 is 0 Å². The minimum absolute atomic E-state index is 0.0319. The number of nitrogens with zero attached hydrogens (tertiary/aromatic N) is 4. The van der Waals surface area contributed by atoms with Crippen LogP contribution in [0, 0.1) is 12.7 Å². The third kappa shape index (κ3) is 4.92. The maximum absolute atomic E-state index is 13.9. The lowest BCUT2D eigenvalue weighted by Gasteiger charge is -2.10. The SMILES string of the molecule is Cc1cc(-c2cn(C3CC3)c3cnc(SCc4ccc(F)c(CC(=O)O)c4)nc23)cnc1C(F)(F)F. The Labute approximate surface area is 207 Å². The van der Waals surface area contributed by atoms with Gasteiger partial charge in [0.05, 0.1) is 18.1 Å². The Morgan fingerprint density at radius 3 is 2.64 bits per heavy atom. The van der Waals surface area contributed by atoms with E-state index in [1.54, 1.807) is 12.3 Å². The molecule has 1 N–H and O–H groups in total. The molecule has 11 heteroatoms. The van der Waals surface area contributed by atoms with Crippen LogP contribution in [0.4, 0.5) is 17.6 Å². The second kappa shape index (κ2) is 9.20. The molecule has 0 atom stereocenters. The van der Waals surface area contributed by atoms with E-state index in [4.69, 9.17) is 10.1 Å². The van der Waals surface area contributed by atoms with Crippen molar-refractivity contribution < 1.29 is 27.5 Å². The largest absolute Gasteiger partial charge is 0.481 e. The molecule has 0 spiro atoms. The topological polar surface area (TPSA) is 80.9 Å². The molecular weight excluding hydrogens is 496 g/mol. The number of halogens is 4. The van der Waals surface area contributed by atoms with Crippen LogP contribution in [0.15, 0.2) is 48.0 Å². The summed E-state index contributed by atoms with van der Waals surface area (Å²) in [7, 11) is 0. The zero-order valence-corrected chi connectivity index (χ0v) is 19.8. The second-order valence-corrected chi connectivity index (χ2v) is 9.68. The summed E-state index contributed by atoms with van der Waals surface area (Å²) in [6.45, 7) is 1.39. The summed E-state index contributed by atoms with van der Waals surface area (Å²) >= 11 is 1.30. The van der Waals surface area contributed by atoms with E-state index >= 15 is 0 Å². The number of carboxylic acid groups (broad SMARTS) is 1. The van der Waals surface area contributed by atoms with Crippen LogP contribution in [0.5, 0.6) is 0 Å². The van der Waals surface area contributed by atoms with Gasteiger partial charge in [-0.25, -0.2) is 14.4 Å². The molecule has 0 radical (unpaired) electrons. The zero-order chi connectivity index (χ0) is 25.6. The standard InChI is InChI=1S/C25H20F4N4O2S/c1-13-6-16(9-30-23(13)25(27,28)29)18-11-33(17-3-4-17)20-10-31-24(32-22(18)20)36-12-14-2-5-19(26)15(7-14)8-21(34)35/h2,5-7,9-11,17H,3-4,8,12H2,1H3,(H,34,35). The van der Waals surface area contributed by atoms with Crippen molar-refractivity contribution in [3.63, 3.8) is 0 Å². The van der Waals surface area contributed by atoms with E-state index in [-0.39, 0.29) is 11.1 Å². The van der Waals surface area contributed by atoms with Gasteiger partial charge in [-0.1, -0.05) is 23.9 Å². The number of rotatable bonds is 7. The molecule has 1 aliphatic carbocycles. The molecule has 3 heterocycles. The molecule has 0 aliphatic heterocycles. The van der Waals surface area contributed by atoms with Gasteiger partial charge in [-0.3, -0.25) is 9.78 Å². The first-order valence-electron chi connectivity index (χ1n) is 11.1. The van der Waals surface area contributed by atoms with E-state index in [2.05, 4.69) is 14.5 Å². The van der Waals surface area contributed by atoms with Gasteiger partial charge in [0.15, 0.2) is 5.16 Å². The Morgan fingerprint density at radius 1 is 1.19 bits per heavy atom. The first-order valence-corrected chi connectivity index (χ1v) is 12.1. The van der Waals surface area contributed by atoms with E-state index in [1.165, 1.54) is 43.1 Å². The lowest BCUT2D eigenvalue weighted by Crippen LogP contribution is -2.10. The number of aliphatic carboxylic acids is 1. The number of carbonyl (C=O) groups is 1. The number of thioether (sulfide) groups is 1. The molecule has 0 unspecified atom stereocenters. The molecular formula is C25H20F4N4O2S. The molecule has 0 bridgehead atoms. The summed E-state index contributed by atoms with van der Waals surface area (Å²) in [5.74, 6) is -1.30. The van der Waals surface area contributed by atoms with Gasteiger partial charge < -0.3 is 9.67 Å². The van der Waals surface area contributed by atoms with Gasteiger partial charge in [-0.05, 0) is 48.6 Å². The molecule has 1 aliphatic rings. The van der Waals surface area contributed by atoms with E-state index in [0.29, 0.717) is 33.6 Å². The maximum Gasteiger partial charge on any atom is 0.433 e. The highest BCUT2D eigenvalue weighted by molar-refractivity contribution is 7.98. The maximum atomic E-state index is 13.9. The molecule has 4 aromatic rings. The van der Waals surface area contributed by atoms with Crippen molar-refractivity contribution in [2.45, 2.75) is 49.3 Å². The minimum atomic E-state index is -4.53. The highest BCUT2D eigenvalue weighted by atomic mass is 32.2. The highest BCUT2D eigenvalue weighted by Gasteiger charge is 2.34. The summed E-state index contributed by atoms with van der Waals surface area (Å²) in [6, 6.07) is 6.11. The van der Waals surface area contributed by atoms with Crippen molar-refractivity contribution in [1.82, 2.24) is 19.5 Å². The Balaban J connectivity index is 1.47. The molecule has 36 heavy (non-hydrogen) atoms. The lowest BCUT2D eigenvalue weighted by atomic mass is 10.1. The van der Waals surface area contributed by atoms with E-state index < -0.39 is 30.1 Å². The summed E-state index contributed by atoms with van der Waals surface area (Å²) in [5.41, 5.74) is 2.57. The average Bonchev–Trinajstić information content (AvgIpc) is 3.58. The van der Waals surface area contributed by atoms with Crippen LogP contribution in [0.1, 0.15) is 41.3 Å². The van der Waals surface area contributed by atoms with Crippen LogP contribution in [0.25, 0.3) is 22.2 Å². The summed E-state index contributed by atoms with van der Waals surface area (Å²) in [5, 5.41) is 9.42. The monoisotopic (exact) mass is 516 g/mol. The number of fused-ring (bicyclic) bond motifs is 1. The Hall–Kier alpha value is -3.47. The van der Waals surface area contributed by atoms with Crippen molar-refractivity contribution in [2.75, 3.05) is 0 Å². The molecule has 1 fully saturated rings. The minimum Gasteiger partial charge on any atom is -0.481 e. The molecule has 1 aromatic carbocycles. The van der Waals surface area contributed by atoms with E-state index in [0.717, 1.165) is 23.9 Å². The van der Waals surface area contributed by atoms with Gasteiger partial charge in [-0.2, -0.15) is 13.2 Å². The number of alkyl halides is 3. The van der Waals surface area contributed by atoms with E-state index in [1.807, 2.05) is 6.20 Å². The molecule has 1 saturated carbocycles. The Morgan fingerprint density at radius 2 is 1.97 bits per heavy atom. The Bertz CT molecular complexity index is 1480. The number of pyridine rings is 1. The van der Waals surface area contributed by atoms with Crippen molar-refractivity contribution in [3.8, 4) is 11.1 Å². The van der Waals surface area contributed by atoms with E-state index in [9.17, 15) is 22.4 Å². The Kier molecular flexibility index (Phi) is 6.19. The van der Waals surface area contributed by atoms with Crippen molar-refractivity contribution in [1.29, 1.82) is 0 Å². The van der Waals surface area contributed by atoms with Crippen LogP contribution in [-0.2, 0) is 23.1 Å². The zero-order valence-electron chi connectivity index (χ0n) is 19.0. The number of benzene rings is 1. The smallest absolute Gasteiger partial charge is 0.433 e. The molecule has 186 valence electrons. The number of hydrogen-bond donors (Lipinski definition) is 1. The summed E-state index contributed by atoms with van der Waals surface area (Å²) in [4.78, 5) is 23.8. The average molecular weight is 517 g/mol. The van der Waals surface area contributed by atoms with Crippen molar-refractivity contribution >= 4 is 28.8 Å². The summed E-state index contributed by atoms with van der Waals surface area (Å²) in [6.07, 6.45) is 1.90. The number of carboxylic acids is 1. The van der Waals surface area contributed by atoms with Crippen LogP contribution >= 0.6 is 11.8 Å². The van der Waals surface area contributed by atoms with Crippen LogP contribution in [0.3, 0.4) is 0 Å². The molecule has 0 amide bonds. The fraction of sp³-hybridized carbons (Fsp3) is 0.280. The van der Waals surface area contributed by atoms with Gasteiger partial charge in [0.2, 0.25) is 0 Å².